The highest BCUT2D eigenvalue weighted by atomic mass is 32.2. The van der Waals surface area contributed by atoms with Crippen molar-refractivity contribution in [3.63, 3.8) is 0 Å². The molecule has 1 spiro atoms. The van der Waals surface area contributed by atoms with Crippen molar-refractivity contribution in [2.24, 2.45) is 0 Å². The van der Waals surface area contributed by atoms with Crippen molar-refractivity contribution in [3.8, 4) is 0 Å². The lowest BCUT2D eigenvalue weighted by molar-refractivity contribution is -0.122. The van der Waals surface area contributed by atoms with Crippen LogP contribution in [0.15, 0.2) is 34.0 Å². The Kier molecular flexibility index (Phi) is 5.89. The van der Waals surface area contributed by atoms with Gasteiger partial charge in [-0.25, -0.2) is 18.3 Å². The second-order valence-corrected chi connectivity index (χ2v) is 10.4. The molecule has 1 unspecified atom stereocenters. The van der Waals surface area contributed by atoms with Gasteiger partial charge in [0.05, 0.1) is 11.4 Å². The number of carbonyl (C=O) groups is 1. The largest absolute Gasteiger partial charge is 0.483 e. The van der Waals surface area contributed by atoms with Gasteiger partial charge in [0.2, 0.25) is 10.0 Å². The lowest BCUT2D eigenvalue weighted by atomic mass is 9.87. The number of hydrogen-bond acceptors (Lipinski definition) is 6. The molecule has 10 nitrogen and oxygen atoms in total. The summed E-state index contributed by atoms with van der Waals surface area (Å²) in [5.74, 6) is 0.546. The quantitative estimate of drug-likeness (QED) is 0.666. The molecule has 1 fully saturated rings. The molecule has 4 rings (SSSR count). The zero-order valence-corrected chi connectivity index (χ0v) is 18.0. The van der Waals surface area contributed by atoms with E-state index in [9.17, 15) is 13.2 Å². The van der Waals surface area contributed by atoms with Crippen molar-refractivity contribution in [2.75, 3.05) is 13.1 Å². The van der Waals surface area contributed by atoms with Crippen LogP contribution in [0.3, 0.4) is 0 Å². The monoisotopic (exact) mass is 438 g/mol. The van der Waals surface area contributed by atoms with Gasteiger partial charge in [-0.15, -0.1) is 0 Å². The molecule has 2 aliphatic heterocycles. The zero-order chi connectivity index (χ0) is 22.2. The van der Waals surface area contributed by atoms with Crippen LogP contribution in [0.5, 0.6) is 0 Å². The Morgan fingerprint density at radius 2 is 1.87 bits per heavy atom. The highest BCUT2D eigenvalue weighted by Gasteiger charge is 2.46. The van der Waals surface area contributed by atoms with Gasteiger partial charge in [0.1, 0.15) is 12.2 Å². The fourth-order valence-corrected chi connectivity index (χ4v) is 5.23. The lowest BCUT2D eigenvalue weighted by Crippen LogP contribution is -2.47. The standard InChI is InChI=1S/C18H24N4O4S.CH2O2/c1-17(2,3)13-4-6-14(7-5-13)27(24,25)21-9-8-18(11-21)12-22-15(10-26-18)19-20-16(22)23;2-1-3/h4-7H,8-12H2,1-3H3,(H,20,23);1H,(H,2,3). The van der Waals surface area contributed by atoms with Crippen LogP contribution >= 0.6 is 0 Å². The van der Waals surface area contributed by atoms with E-state index in [4.69, 9.17) is 14.6 Å². The van der Waals surface area contributed by atoms with Crippen LogP contribution in [-0.2, 0) is 38.1 Å². The van der Waals surface area contributed by atoms with Crippen LogP contribution in [0.2, 0.25) is 0 Å². The number of aromatic nitrogens is 3. The number of rotatable bonds is 2. The number of aromatic amines is 1. The van der Waals surface area contributed by atoms with Crippen molar-refractivity contribution < 1.29 is 23.1 Å². The maximum atomic E-state index is 13.1. The minimum atomic E-state index is -3.61. The summed E-state index contributed by atoms with van der Waals surface area (Å²) >= 11 is 0. The fraction of sp³-hybridized carbons (Fsp3) is 0.526. The van der Waals surface area contributed by atoms with Crippen LogP contribution in [0.25, 0.3) is 0 Å². The molecular weight excluding hydrogens is 412 g/mol. The fourth-order valence-electron chi connectivity index (χ4n) is 3.71. The summed E-state index contributed by atoms with van der Waals surface area (Å²) in [6.07, 6.45) is 0.545. The van der Waals surface area contributed by atoms with Crippen molar-refractivity contribution >= 4 is 16.5 Å². The molecule has 11 heteroatoms. The third kappa shape index (κ3) is 4.18. The molecule has 0 radical (unpaired) electrons. The Morgan fingerprint density at radius 1 is 1.23 bits per heavy atom. The highest BCUT2D eigenvalue weighted by molar-refractivity contribution is 7.89. The summed E-state index contributed by atoms with van der Waals surface area (Å²) in [7, 11) is -3.61. The van der Waals surface area contributed by atoms with Crippen LogP contribution in [0.4, 0.5) is 0 Å². The van der Waals surface area contributed by atoms with Gasteiger partial charge in [-0.3, -0.25) is 9.36 Å². The Bertz CT molecular complexity index is 1070. The number of fused-ring (bicyclic) bond motifs is 1. The summed E-state index contributed by atoms with van der Waals surface area (Å²) in [6.45, 7) is 7.13. The molecule has 1 aromatic carbocycles. The first kappa shape index (κ1) is 22.2. The molecule has 2 aromatic rings. The minimum absolute atomic E-state index is 0.0362. The van der Waals surface area contributed by atoms with Crippen LogP contribution < -0.4 is 5.69 Å². The number of H-pyrrole nitrogens is 1. The van der Waals surface area contributed by atoms with E-state index in [0.717, 1.165) is 5.56 Å². The molecule has 2 aliphatic rings. The van der Waals surface area contributed by atoms with Crippen molar-refractivity contribution in [2.45, 2.75) is 56.3 Å². The Hall–Kier alpha value is -2.50. The first-order chi connectivity index (χ1) is 14.0. The van der Waals surface area contributed by atoms with Crippen LogP contribution in [0, 0.1) is 0 Å². The van der Waals surface area contributed by atoms with Gasteiger partial charge in [-0.2, -0.15) is 9.40 Å². The minimum Gasteiger partial charge on any atom is -0.483 e. The van der Waals surface area contributed by atoms with E-state index in [1.165, 1.54) is 8.87 Å². The van der Waals surface area contributed by atoms with E-state index < -0.39 is 15.6 Å². The van der Waals surface area contributed by atoms with E-state index in [2.05, 4.69) is 31.0 Å². The number of hydrogen-bond donors (Lipinski definition) is 2. The Balaban J connectivity index is 0.000000806. The first-order valence-corrected chi connectivity index (χ1v) is 10.9. The molecule has 0 aliphatic carbocycles. The summed E-state index contributed by atoms with van der Waals surface area (Å²) in [5.41, 5.74) is 0.0820. The number of nitrogens with one attached hydrogen (secondary N) is 1. The summed E-state index contributed by atoms with van der Waals surface area (Å²) in [5, 5.41) is 13.2. The highest BCUT2D eigenvalue weighted by Crippen LogP contribution is 2.34. The topological polar surface area (TPSA) is 135 Å². The lowest BCUT2D eigenvalue weighted by Gasteiger charge is -2.33. The average Bonchev–Trinajstić information content (AvgIpc) is 3.27. The van der Waals surface area contributed by atoms with Crippen molar-refractivity contribution in [1.29, 1.82) is 0 Å². The van der Waals surface area contributed by atoms with Gasteiger partial charge >= 0.3 is 5.69 Å². The first-order valence-electron chi connectivity index (χ1n) is 9.49. The molecule has 0 saturated carbocycles. The predicted octanol–water partition coefficient (Wildman–Crippen LogP) is 0.933. The summed E-state index contributed by atoms with van der Waals surface area (Å²) in [4.78, 5) is 20.5. The molecule has 2 N–H and O–H groups in total. The maximum Gasteiger partial charge on any atom is 0.343 e. The molecule has 1 aromatic heterocycles. The van der Waals surface area contributed by atoms with E-state index in [-0.39, 0.29) is 35.6 Å². The van der Waals surface area contributed by atoms with E-state index in [1.807, 2.05) is 12.1 Å². The Morgan fingerprint density at radius 3 is 2.47 bits per heavy atom. The number of carboxylic acid groups (broad SMARTS) is 1. The second-order valence-electron chi connectivity index (χ2n) is 8.47. The van der Waals surface area contributed by atoms with Gasteiger partial charge < -0.3 is 9.84 Å². The van der Waals surface area contributed by atoms with Gasteiger partial charge in [-0.1, -0.05) is 32.9 Å². The van der Waals surface area contributed by atoms with Crippen LogP contribution in [0.1, 0.15) is 38.6 Å². The number of ether oxygens (including phenoxy) is 1. The van der Waals surface area contributed by atoms with E-state index in [1.54, 1.807) is 12.1 Å². The summed E-state index contributed by atoms with van der Waals surface area (Å²) in [6, 6.07) is 7.07. The molecule has 0 bridgehead atoms. The normalized spacial score (nSPS) is 21.7. The van der Waals surface area contributed by atoms with E-state index >= 15 is 0 Å². The Labute approximate surface area is 174 Å². The smallest absolute Gasteiger partial charge is 0.343 e. The third-order valence-electron chi connectivity index (χ3n) is 5.43. The second kappa shape index (κ2) is 7.97. The zero-order valence-electron chi connectivity index (χ0n) is 17.2. The maximum absolute atomic E-state index is 13.1. The molecule has 30 heavy (non-hydrogen) atoms. The average molecular weight is 439 g/mol. The molecule has 164 valence electrons. The van der Waals surface area contributed by atoms with Crippen molar-refractivity contribution in [3.05, 3.63) is 46.1 Å². The van der Waals surface area contributed by atoms with Crippen LogP contribution in [-0.4, -0.2) is 57.8 Å². The summed E-state index contributed by atoms with van der Waals surface area (Å²) < 4.78 is 35.1. The molecule has 1 atom stereocenters. The van der Waals surface area contributed by atoms with Gasteiger partial charge in [0, 0.05) is 13.1 Å². The number of benzene rings is 1. The SMILES string of the molecule is CC(C)(C)c1ccc(S(=O)(=O)N2CCC3(C2)Cn2c(n[nH]c2=O)CO3)cc1.O=CO. The van der Waals surface area contributed by atoms with Gasteiger partial charge in [-0.05, 0) is 29.5 Å². The molecule has 1 saturated heterocycles. The molecular formula is C19H26N4O6S. The third-order valence-corrected chi connectivity index (χ3v) is 7.29. The predicted molar refractivity (Wildman–Crippen MR) is 108 cm³/mol. The number of sulfonamides is 1. The van der Waals surface area contributed by atoms with E-state index in [0.29, 0.717) is 25.3 Å². The molecule has 3 heterocycles. The van der Waals surface area contributed by atoms with Gasteiger partial charge in [0.15, 0.2) is 5.82 Å². The molecule has 0 amide bonds. The van der Waals surface area contributed by atoms with Gasteiger partial charge in [0.25, 0.3) is 6.47 Å². The number of nitrogens with zero attached hydrogens (tertiary/aromatic N) is 3. The van der Waals surface area contributed by atoms with Crippen molar-refractivity contribution in [1.82, 2.24) is 19.1 Å².